The molecule has 1 aromatic heterocycles. The van der Waals surface area contributed by atoms with E-state index in [0.29, 0.717) is 29.8 Å². The molecule has 1 unspecified atom stereocenters. The summed E-state index contributed by atoms with van der Waals surface area (Å²) in [6, 6.07) is -0.442. The van der Waals surface area contributed by atoms with Gasteiger partial charge in [0, 0.05) is 11.5 Å². The molecule has 1 rings (SSSR count). The van der Waals surface area contributed by atoms with Gasteiger partial charge in [-0.1, -0.05) is 27.7 Å². The molecule has 0 saturated carbocycles. The molecule has 3 N–H and O–H groups in total. The van der Waals surface area contributed by atoms with Gasteiger partial charge in [-0.3, -0.25) is 0 Å². The van der Waals surface area contributed by atoms with Gasteiger partial charge in [0.15, 0.2) is 0 Å². The highest BCUT2D eigenvalue weighted by atomic mass is 16.5. The summed E-state index contributed by atoms with van der Waals surface area (Å²) >= 11 is 0. The van der Waals surface area contributed by atoms with Crippen LogP contribution in [0.1, 0.15) is 51.4 Å². The Hall–Kier alpha value is -1.85. The van der Waals surface area contributed by atoms with Crippen molar-refractivity contribution >= 4 is 17.6 Å². The van der Waals surface area contributed by atoms with Gasteiger partial charge in [-0.25, -0.2) is 14.8 Å². The second-order valence-electron chi connectivity index (χ2n) is 5.94. The van der Waals surface area contributed by atoms with Crippen LogP contribution in [-0.2, 0) is 9.53 Å². The number of nitrogens with one attached hydrogen (secondary N) is 1. The Bertz CT molecular complexity index is 501. The second-order valence-corrected chi connectivity index (χ2v) is 5.94. The molecule has 6 nitrogen and oxygen atoms in total. The largest absolute Gasteiger partial charge is 0.467 e. The number of hydrogen-bond donors (Lipinski definition) is 2. The lowest BCUT2D eigenvalue weighted by atomic mass is 10.0. The van der Waals surface area contributed by atoms with E-state index in [1.807, 2.05) is 20.8 Å². The zero-order valence-corrected chi connectivity index (χ0v) is 13.7. The minimum atomic E-state index is -0.442. The zero-order valence-electron chi connectivity index (χ0n) is 13.7. The number of esters is 1. The highest BCUT2D eigenvalue weighted by molar-refractivity contribution is 5.79. The van der Waals surface area contributed by atoms with E-state index < -0.39 is 6.04 Å². The van der Waals surface area contributed by atoms with Gasteiger partial charge in [0.05, 0.1) is 7.11 Å². The Labute approximate surface area is 126 Å². The highest BCUT2D eigenvalue weighted by Gasteiger charge is 2.22. The average molecular weight is 294 g/mol. The van der Waals surface area contributed by atoms with Gasteiger partial charge in [0.25, 0.3) is 0 Å². The summed E-state index contributed by atoms with van der Waals surface area (Å²) in [5, 5.41) is 3.16. The van der Waals surface area contributed by atoms with Crippen molar-refractivity contribution in [3.8, 4) is 0 Å². The lowest BCUT2D eigenvalue weighted by Gasteiger charge is -2.21. The summed E-state index contributed by atoms with van der Waals surface area (Å²) in [5.41, 5.74) is 6.68. The first-order valence-electron chi connectivity index (χ1n) is 7.24. The summed E-state index contributed by atoms with van der Waals surface area (Å²) in [5.74, 6) is 1.91. The van der Waals surface area contributed by atoms with Crippen LogP contribution in [0.25, 0.3) is 0 Å². The van der Waals surface area contributed by atoms with Crippen LogP contribution in [0.3, 0.4) is 0 Å². The van der Waals surface area contributed by atoms with E-state index in [1.54, 1.807) is 0 Å². The van der Waals surface area contributed by atoms with Crippen LogP contribution >= 0.6 is 0 Å². The highest BCUT2D eigenvalue weighted by Crippen LogP contribution is 2.23. The van der Waals surface area contributed by atoms with E-state index >= 15 is 0 Å². The second kappa shape index (κ2) is 7.24. The van der Waals surface area contributed by atoms with Gasteiger partial charge in [-0.2, -0.15) is 0 Å². The van der Waals surface area contributed by atoms with Crippen molar-refractivity contribution in [2.75, 3.05) is 18.2 Å². The number of methoxy groups -OCH3 is 1. The average Bonchev–Trinajstić information content (AvgIpc) is 2.41. The molecule has 1 aromatic rings. The number of ether oxygens (including phenoxy) is 1. The number of nitrogens with two attached hydrogens (primary N) is 1. The standard InChI is InChI=1S/C15H26N4O2/c1-8(2)7-11(15(20)21-6)17-14-10(5)12(16)18-13(19-14)9(3)4/h8-9,11H,7H2,1-6H3,(H3,16,17,18,19). The molecule has 0 aliphatic heterocycles. The van der Waals surface area contributed by atoms with Crippen molar-refractivity contribution in [2.24, 2.45) is 5.92 Å². The first kappa shape index (κ1) is 17.2. The van der Waals surface area contributed by atoms with Crippen molar-refractivity contribution < 1.29 is 9.53 Å². The topological polar surface area (TPSA) is 90.1 Å². The number of rotatable bonds is 6. The molecule has 0 amide bonds. The molecule has 1 atom stereocenters. The predicted molar refractivity (Wildman–Crippen MR) is 84.2 cm³/mol. The number of hydrogen-bond acceptors (Lipinski definition) is 6. The van der Waals surface area contributed by atoms with E-state index in [4.69, 9.17) is 10.5 Å². The van der Waals surface area contributed by atoms with Gasteiger partial charge >= 0.3 is 5.97 Å². The normalized spacial score (nSPS) is 12.6. The molecule has 118 valence electrons. The molecule has 0 fully saturated rings. The number of nitrogens with zero attached hydrogens (tertiary/aromatic N) is 2. The van der Waals surface area contributed by atoms with E-state index in [0.717, 1.165) is 5.56 Å². The Kier molecular flexibility index (Phi) is 5.93. The van der Waals surface area contributed by atoms with Crippen LogP contribution in [0.5, 0.6) is 0 Å². The molecule has 0 aromatic carbocycles. The van der Waals surface area contributed by atoms with Crippen LogP contribution in [0, 0.1) is 12.8 Å². The molecule has 0 aliphatic rings. The lowest BCUT2D eigenvalue weighted by Crippen LogP contribution is -2.33. The van der Waals surface area contributed by atoms with E-state index in [-0.39, 0.29) is 11.9 Å². The van der Waals surface area contributed by atoms with Crippen LogP contribution < -0.4 is 11.1 Å². The molecule has 0 bridgehead atoms. The molecule has 0 saturated heterocycles. The fraction of sp³-hybridized carbons (Fsp3) is 0.667. The van der Waals surface area contributed by atoms with Crippen LogP contribution in [-0.4, -0.2) is 29.1 Å². The quantitative estimate of drug-likeness (QED) is 0.783. The third-order valence-corrected chi connectivity index (χ3v) is 3.22. The Morgan fingerprint density at radius 2 is 1.90 bits per heavy atom. The van der Waals surface area contributed by atoms with Crippen molar-refractivity contribution in [3.05, 3.63) is 11.4 Å². The predicted octanol–water partition coefficient (Wildman–Crippen LogP) is 2.49. The molecule has 6 heteroatoms. The summed E-state index contributed by atoms with van der Waals surface area (Å²) in [4.78, 5) is 20.7. The molecule has 21 heavy (non-hydrogen) atoms. The first-order chi connectivity index (χ1) is 9.76. The Morgan fingerprint density at radius 1 is 1.29 bits per heavy atom. The number of carbonyl (C=O) groups excluding carboxylic acids is 1. The maximum Gasteiger partial charge on any atom is 0.328 e. The van der Waals surface area contributed by atoms with Gasteiger partial charge in [0.1, 0.15) is 23.5 Å². The van der Waals surface area contributed by atoms with Crippen LogP contribution in [0.15, 0.2) is 0 Å². The molecule has 1 heterocycles. The Morgan fingerprint density at radius 3 is 2.38 bits per heavy atom. The summed E-state index contributed by atoms with van der Waals surface area (Å²) in [6.45, 7) is 9.95. The van der Waals surface area contributed by atoms with E-state index in [9.17, 15) is 4.79 Å². The SMILES string of the molecule is COC(=O)C(CC(C)C)Nc1nc(C(C)C)nc(N)c1C. The van der Waals surface area contributed by atoms with Crippen molar-refractivity contribution in [1.29, 1.82) is 0 Å². The third kappa shape index (κ3) is 4.58. The summed E-state index contributed by atoms with van der Waals surface area (Å²) in [7, 11) is 1.39. The number of anilines is 2. The minimum absolute atomic E-state index is 0.162. The summed E-state index contributed by atoms with van der Waals surface area (Å²) in [6.07, 6.45) is 0.660. The van der Waals surface area contributed by atoms with E-state index in [1.165, 1.54) is 7.11 Å². The minimum Gasteiger partial charge on any atom is -0.467 e. The number of aromatic nitrogens is 2. The Balaban J connectivity index is 3.10. The van der Waals surface area contributed by atoms with Gasteiger partial charge in [-0.05, 0) is 19.3 Å². The first-order valence-corrected chi connectivity index (χ1v) is 7.24. The molecule has 0 radical (unpaired) electrons. The fourth-order valence-corrected chi connectivity index (χ4v) is 1.94. The lowest BCUT2D eigenvalue weighted by molar-refractivity contribution is -0.141. The fourth-order valence-electron chi connectivity index (χ4n) is 1.94. The molecular formula is C15H26N4O2. The smallest absolute Gasteiger partial charge is 0.328 e. The third-order valence-electron chi connectivity index (χ3n) is 3.22. The maximum atomic E-state index is 11.9. The maximum absolute atomic E-state index is 11.9. The zero-order chi connectivity index (χ0) is 16.2. The monoisotopic (exact) mass is 294 g/mol. The van der Waals surface area contributed by atoms with Crippen molar-refractivity contribution in [1.82, 2.24) is 9.97 Å². The van der Waals surface area contributed by atoms with E-state index in [2.05, 4.69) is 29.1 Å². The van der Waals surface area contributed by atoms with Crippen molar-refractivity contribution in [2.45, 2.75) is 53.0 Å². The van der Waals surface area contributed by atoms with Gasteiger partial charge in [-0.15, -0.1) is 0 Å². The summed E-state index contributed by atoms with van der Waals surface area (Å²) < 4.78 is 4.86. The molecule has 0 aliphatic carbocycles. The number of nitrogen functional groups attached to an aromatic ring is 1. The molecular weight excluding hydrogens is 268 g/mol. The van der Waals surface area contributed by atoms with Crippen molar-refractivity contribution in [3.63, 3.8) is 0 Å². The van der Waals surface area contributed by atoms with Crippen LogP contribution in [0.4, 0.5) is 11.6 Å². The van der Waals surface area contributed by atoms with Gasteiger partial charge in [0.2, 0.25) is 0 Å². The van der Waals surface area contributed by atoms with Crippen LogP contribution in [0.2, 0.25) is 0 Å². The molecule has 0 spiro atoms. The van der Waals surface area contributed by atoms with Gasteiger partial charge < -0.3 is 15.8 Å². The number of carbonyl (C=O) groups is 1.